The van der Waals surface area contributed by atoms with Crippen molar-refractivity contribution < 1.29 is 0 Å². The number of hydrogen-bond acceptors (Lipinski definition) is 4. The van der Waals surface area contributed by atoms with Crippen LogP contribution in [-0.4, -0.2) is 22.6 Å². The van der Waals surface area contributed by atoms with E-state index in [4.69, 9.17) is 5.73 Å². The molecule has 0 aromatic carbocycles. The molecular formula is C12H20N4. The lowest BCUT2D eigenvalue weighted by molar-refractivity contribution is 0.295. The number of nitrogen functional groups attached to an aromatic ring is 1. The number of rotatable bonds is 1. The average molecular weight is 220 g/mol. The summed E-state index contributed by atoms with van der Waals surface area (Å²) in [6.07, 6.45) is 4.63. The molecule has 88 valence electrons. The van der Waals surface area contributed by atoms with Crippen molar-refractivity contribution in [1.29, 1.82) is 0 Å². The molecule has 1 aromatic heterocycles. The summed E-state index contributed by atoms with van der Waals surface area (Å²) in [7, 11) is 0. The van der Waals surface area contributed by atoms with Crippen LogP contribution in [-0.2, 0) is 0 Å². The molecule has 0 aliphatic carbocycles. The fourth-order valence-corrected chi connectivity index (χ4v) is 2.56. The maximum Gasteiger partial charge on any atom is 0.171 e. The van der Waals surface area contributed by atoms with Crippen LogP contribution in [0.1, 0.15) is 27.2 Å². The minimum absolute atomic E-state index is 0.482. The molecule has 0 saturated carbocycles. The maximum atomic E-state index is 5.89. The van der Waals surface area contributed by atoms with E-state index in [1.54, 1.807) is 12.4 Å². The van der Waals surface area contributed by atoms with E-state index in [1.165, 1.54) is 6.42 Å². The highest BCUT2D eigenvalue weighted by molar-refractivity contribution is 5.58. The predicted octanol–water partition coefficient (Wildman–Crippen LogP) is 1.93. The van der Waals surface area contributed by atoms with Crippen LogP contribution in [0.15, 0.2) is 12.4 Å². The van der Waals surface area contributed by atoms with Gasteiger partial charge in [-0.25, -0.2) is 9.97 Å². The SMILES string of the molecule is CC1CC(C)C(C)N(c2nccnc2N)C1. The van der Waals surface area contributed by atoms with E-state index in [-0.39, 0.29) is 0 Å². The Morgan fingerprint density at radius 3 is 2.62 bits per heavy atom. The van der Waals surface area contributed by atoms with E-state index in [0.717, 1.165) is 12.4 Å². The first kappa shape index (κ1) is 11.2. The van der Waals surface area contributed by atoms with Crippen molar-refractivity contribution in [3.05, 3.63) is 12.4 Å². The van der Waals surface area contributed by atoms with E-state index in [2.05, 4.69) is 35.6 Å². The Kier molecular flexibility index (Phi) is 2.99. The standard InChI is InChI=1S/C12H20N4/c1-8-6-9(2)10(3)16(7-8)12-11(13)14-4-5-15-12/h4-5,8-10H,6-7H2,1-3H3,(H2,13,14). The Morgan fingerprint density at radius 1 is 1.25 bits per heavy atom. The Morgan fingerprint density at radius 2 is 1.94 bits per heavy atom. The molecule has 1 saturated heterocycles. The maximum absolute atomic E-state index is 5.89. The second-order valence-corrected chi connectivity index (χ2v) is 4.98. The Hall–Kier alpha value is -1.32. The Bertz CT molecular complexity index is 366. The van der Waals surface area contributed by atoms with Crippen molar-refractivity contribution in [1.82, 2.24) is 9.97 Å². The van der Waals surface area contributed by atoms with Crippen molar-refractivity contribution in [2.24, 2.45) is 11.8 Å². The van der Waals surface area contributed by atoms with Crippen molar-refractivity contribution >= 4 is 11.6 Å². The first-order chi connectivity index (χ1) is 7.59. The van der Waals surface area contributed by atoms with E-state index < -0.39 is 0 Å². The summed E-state index contributed by atoms with van der Waals surface area (Å²) in [6, 6.07) is 0.482. The summed E-state index contributed by atoms with van der Waals surface area (Å²) in [4.78, 5) is 10.8. The van der Waals surface area contributed by atoms with E-state index in [9.17, 15) is 0 Å². The molecule has 1 fully saturated rings. The van der Waals surface area contributed by atoms with E-state index >= 15 is 0 Å². The van der Waals surface area contributed by atoms with Gasteiger partial charge in [-0.15, -0.1) is 0 Å². The van der Waals surface area contributed by atoms with E-state index in [1.807, 2.05) is 0 Å². The normalized spacial score (nSPS) is 30.4. The zero-order valence-corrected chi connectivity index (χ0v) is 10.2. The molecule has 16 heavy (non-hydrogen) atoms. The first-order valence-electron chi connectivity index (χ1n) is 5.92. The summed E-state index contributed by atoms with van der Waals surface area (Å²) in [6.45, 7) is 7.83. The van der Waals surface area contributed by atoms with Crippen LogP contribution < -0.4 is 10.6 Å². The summed E-state index contributed by atoms with van der Waals surface area (Å²) in [5, 5.41) is 0. The lowest BCUT2D eigenvalue weighted by atomic mass is 9.86. The van der Waals surface area contributed by atoms with Crippen LogP contribution in [0.4, 0.5) is 11.6 Å². The molecule has 0 spiro atoms. The lowest BCUT2D eigenvalue weighted by Gasteiger charge is -2.41. The van der Waals surface area contributed by atoms with Gasteiger partial charge in [0.05, 0.1) is 0 Å². The monoisotopic (exact) mass is 220 g/mol. The van der Waals surface area contributed by atoms with Crippen LogP contribution in [0.3, 0.4) is 0 Å². The highest BCUT2D eigenvalue weighted by Gasteiger charge is 2.30. The molecule has 4 nitrogen and oxygen atoms in total. The van der Waals surface area contributed by atoms with Crippen LogP contribution >= 0.6 is 0 Å². The molecule has 0 amide bonds. The molecule has 1 aliphatic rings. The topological polar surface area (TPSA) is 55.0 Å². The van der Waals surface area contributed by atoms with Gasteiger partial charge in [0.2, 0.25) is 0 Å². The smallest absolute Gasteiger partial charge is 0.171 e. The predicted molar refractivity (Wildman–Crippen MR) is 66.2 cm³/mol. The van der Waals surface area contributed by atoms with Gasteiger partial charge in [0, 0.05) is 25.0 Å². The van der Waals surface area contributed by atoms with Gasteiger partial charge in [-0.05, 0) is 25.2 Å². The van der Waals surface area contributed by atoms with Crippen molar-refractivity contribution in [2.45, 2.75) is 33.2 Å². The highest BCUT2D eigenvalue weighted by Crippen LogP contribution is 2.31. The minimum Gasteiger partial charge on any atom is -0.381 e. The molecule has 3 atom stereocenters. The number of nitrogens with zero attached hydrogens (tertiary/aromatic N) is 3. The second kappa shape index (κ2) is 4.28. The van der Waals surface area contributed by atoms with Gasteiger partial charge in [-0.3, -0.25) is 0 Å². The van der Waals surface area contributed by atoms with Gasteiger partial charge in [0.15, 0.2) is 11.6 Å². The molecule has 2 N–H and O–H groups in total. The number of hydrogen-bond donors (Lipinski definition) is 1. The molecular weight excluding hydrogens is 200 g/mol. The van der Waals surface area contributed by atoms with Crippen LogP contribution in [0.5, 0.6) is 0 Å². The van der Waals surface area contributed by atoms with Crippen molar-refractivity contribution in [3.63, 3.8) is 0 Å². The summed E-state index contributed by atoms with van der Waals surface area (Å²) >= 11 is 0. The molecule has 2 rings (SSSR count). The summed E-state index contributed by atoms with van der Waals surface area (Å²) < 4.78 is 0. The van der Waals surface area contributed by atoms with Crippen molar-refractivity contribution in [2.75, 3.05) is 17.2 Å². The zero-order chi connectivity index (χ0) is 11.7. The first-order valence-corrected chi connectivity index (χ1v) is 5.92. The molecule has 2 heterocycles. The third-order valence-corrected chi connectivity index (χ3v) is 3.58. The molecule has 0 radical (unpaired) electrons. The second-order valence-electron chi connectivity index (χ2n) is 4.98. The third kappa shape index (κ3) is 1.96. The zero-order valence-electron chi connectivity index (χ0n) is 10.2. The minimum atomic E-state index is 0.482. The van der Waals surface area contributed by atoms with Gasteiger partial charge >= 0.3 is 0 Å². The fourth-order valence-electron chi connectivity index (χ4n) is 2.56. The number of aromatic nitrogens is 2. The van der Waals surface area contributed by atoms with E-state index in [0.29, 0.717) is 23.7 Å². The lowest BCUT2D eigenvalue weighted by Crippen LogP contribution is -2.46. The largest absolute Gasteiger partial charge is 0.381 e. The molecule has 4 heteroatoms. The third-order valence-electron chi connectivity index (χ3n) is 3.58. The van der Waals surface area contributed by atoms with Gasteiger partial charge < -0.3 is 10.6 Å². The van der Waals surface area contributed by atoms with Gasteiger partial charge in [-0.1, -0.05) is 13.8 Å². The number of anilines is 2. The number of piperidine rings is 1. The van der Waals surface area contributed by atoms with Crippen molar-refractivity contribution in [3.8, 4) is 0 Å². The average Bonchev–Trinajstić information content (AvgIpc) is 2.24. The molecule has 3 unspecified atom stereocenters. The Labute approximate surface area is 96.9 Å². The van der Waals surface area contributed by atoms with Crippen LogP contribution in [0, 0.1) is 11.8 Å². The van der Waals surface area contributed by atoms with Crippen LogP contribution in [0.2, 0.25) is 0 Å². The quantitative estimate of drug-likeness (QED) is 0.785. The number of nitrogens with two attached hydrogens (primary N) is 1. The summed E-state index contributed by atoms with van der Waals surface area (Å²) in [5.41, 5.74) is 5.89. The van der Waals surface area contributed by atoms with Gasteiger partial charge in [-0.2, -0.15) is 0 Å². The van der Waals surface area contributed by atoms with Gasteiger partial charge in [0.1, 0.15) is 0 Å². The fraction of sp³-hybridized carbons (Fsp3) is 0.667. The van der Waals surface area contributed by atoms with Gasteiger partial charge in [0.25, 0.3) is 0 Å². The molecule has 1 aromatic rings. The highest BCUT2D eigenvalue weighted by atomic mass is 15.2. The molecule has 1 aliphatic heterocycles. The van der Waals surface area contributed by atoms with Crippen LogP contribution in [0.25, 0.3) is 0 Å². The molecule has 0 bridgehead atoms. The Balaban J connectivity index is 2.29. The summed E-state index contributed by atoms with van der Waals surface area (Å²) in [5.74, 6) is 2.74.